The highest BCUT2D eigenvalue weighted by Crippen LogP contribution is 2.35. The molecule has 1 aliphatic heterocycles. The van der Waals surface area contributed by atoms with E-state index in [1.807, 2.05) is 36.4 Å². The van der Waals surface area contributed by atoms with Gasteiger partial charge in [-0.3, -0.25) is 4.79 Å². The Morgan fingerprint density at radius 1 is 1.19 bits per heavy atom. The third-order valence-electron chi connectivity index (χ3n) is 4.19. The molecule has 1 heterocycles. The van der Waals surface area contributed by atoms with Gasteiger partial charge in [0.1, 0.15) is 29.8 Å². The number of nitrogens with two attached hydrogens (primary N) is 1. The fourth-order valence-electron chi connectivity index (χ4n) is 2.87. The Morgan fingerprint density at radius 3 is 2.52 bits per heavy atom. The molecule has 0 radical (unpaired) electrons. The first kappa shape index (κ1) is 18.2. The van der Waals surface area contributed by atoms with Crippen LogP contribution in [-0.4, -0.2) is 5.78 Å². The molecule has 136 valence electrons. The minimum Gasteiger partial charge on any atom is -0.482 e. The van der Waals surface area contributed by atoms with Gasteiger partial charge in [-0.25, -0.2) is 4.39 Å². The SMILES string of the molecule is CC1=C(OCc2ccccc2)C(=O)C(c2ccccc2F)C(C#N)=C(N)O1. The Hall–Kier alpha value is -3.59. The van der Waals surface area contributed by atoms with Crippen molar-refractivity contribution >= 4 is 5.78 Å². The topological polar surface area (TPSA) is 85.3 Å². The number of benzene rings is 2. The van der Waals surface area contributed by atoms with Gasteiger partial charge in [0.2, 0.25) is 17.4 Å². The van der Waals surface area contributed by atoms with Crippen LogP contribution in [0.2, 0.25) is 0 Å². The predicted molar refractivity (Wildman–Crippen MR) is 96.0 cm³/mol. The molecule has 0 fully saturated rings. The Balaban J connectivity index is 2.01. The van der Waals surface area contributed by atoms with Gasteiger partial charge in [-0.05, 0) is 18.6 Å². The van der Waals surface area contributed by atoms with Crippen LogP contribution in [0.5, 0.6) is 0 Å². The summed E-state index contributed by atoms with van der Waals surface area (Å²) >= 11 is 0. The molecule has 6 heteroatoms. The minimum atomic E-state index is -1.24. The lowest BCUT2D eigenvalue weighted by Gasteiger charge is -2.16. The average Bonchev–Trinajstić information content (AvgIpc) is 2.75. The zero-order valence-corrected chi connectivity index (χ0v) is 14.6. The van der Waals surface area contributed by atoms with Crippen molar-refractivity contribution < 1.29 is 18.7 Å². The predicted octanol–water partition coefficient (Wildman–Crippen LogP) is 3.65. The number of halogens is 1. The highest BCUT2D eigenvalue weighted by molar-refractivity contribution is 6.02. The van der Waals surface area contributed by atoms with Crippen molar-refractivity contribution in [1.82, 2.24) is 0 Å². The van der Waals surface area contributed by atoms with E-state index < -0.39 is 17.5 Å². The molecule has 1 atom stereocenters. The molecule has 27 heavy (non-hydrogen) atoms. The van der Waals surface area contributed by atoms with E-state index in [2.05, 4.69) is 0 Å². The molecule has 1 unspecified atom stereocenters. The maximum atomic E-state index is 14.4. The average molecular weight is 364 g/mol. The summed E-state index contributed by atoms with van der Waals surface area (Å²) in [4.78, 5) is 13.2. The van der Waals surface area contributed by atoms with Crippen LogP contribution in [0.1, 0.15) is 24.0 Å². The van der Waals surface area contributed by atoms with E-state index in [0.29, 0.717) is 0 Å². The molecule has 3 rings (SSSR count). The summed E-state index contributed by atoms with van der Waals surface area (Å²) in [6.45, 7) is 1.64. The molecular formula is C21H17FN2O3. The van der Waals surface area contributed by atoms with Crippen LogP contribution in [0, 0.1) is 17.1 Å². The van der Waals surface area contributed by atoms with Crippen LogP contribution in [-0.2, 0) is 20.9 Å². The summed E-state index contributed by atoms with van der Waals surface area (Å²) in [5.74, 6) is -2.63. The van der Waals surface area contributed by atoms with Crippen LogP contribution >= 0.6 is 0 Å². The second kappa shape index (κ2) is 7.75. The molecule has 2 aromatic rings. The molecule has 2 aromatic carbocycles. The molecule has 0 aromatic heterocycles. The summed E-state index contributed by atoms with van der Waals surface area (Å²) in [6.07, 6.45) is 0. The van der Waals surface area contributed by atoms with Crippen LogP contribution < -0.4 is 5.73 Å². The van der Waals surface area contributed by atoms with Gasteiger partial charge in [-0.15, -0.1) is 0 Å². The lowest BCUT2D eigenvalue weighted by molar-refractivity contribution is -0.120. The van der Waals surface area contributed by atoms with E-state index in [4.69, 9.17) is 15.2 Å². The smallest absolute Gasteiger partial charge is 0.213 e. The molecule has 0 bridgehead atoms. The summed E-state index contributed by atoms with van der Waals surface area (Å²) in [6, 6.07) is 16.9. The fraction of sp³-hybridized carbons (Fsp3) is 0.143. The van der Waals surface area contributed by atoms with E-state index >= 15 is 0 Å². The number of carbonyl (C=O) groups excluding carboxylic acids is 1. The number of carbonyl (C=O) groups is 1. The van der Waals surface area contributed by atoms with Crippen LogP contribution in [0.4, 0.5) is 4.39 Å². The number of Topliss-reactive ketones (excluding diaryl/α,β-unsaturated/α-hetero) is 1. The Morgan fingerprint density at radius 2 is 1.85 bits per heavy atom. The summed E-state index contributed by atoms with van der Waals surface area (Å²) in [7, 11) is 0. The lowest BCUT2D eigenvalue weighted by Crippen LogP contribution is -2.20. The molecule has 0 spiro atoms. The Labute approximate surface area is 156 Å². The van der Waals surface area contributed by atoms with Crippen molar-refractivity contribution in [2.75, 3.05) is 0 Å². The zero-order chi connectivity index (χ0) is 19.4. The number of allylic oxidation sites excluding steroid dienone is 3. The van der Waals surface area contributed by atoms with Crippen molar-refractivity contribution in [2.45, 2.75) is 19.4 Å². The van der Waals surface area contributed by atoms with E-state index in [1.54, 1.807) is 6.07 Å². The number of hydrogen-bond donors (Lipinski definition) is 1. The summed E-state index contributed by atoms with van der Waals surface area (Å²) in [5.41, 5.74) is 6.60. The van der Waals surface area contributed by atoms with Crippen molar-refractivity contribution in [3.8, 4) is 6.07 Å². The second-order valence-electron chi connectivity index (χ2n) is 5.97. The number of nitrogens with zero attached hydrogens (tertiary/aromatic N) is 1. The van der Waals surface area contributed by atoms with E-state index in [-0.39, 0.29) is 35.1 Å². The third-order valence-corrected chi connectivity index (χ3v) is 4.19. The zero-order valence-electron chi connectivity index (χ0n) is 14.6. The van der Waals surface area contributed by atoms with Gasteiger partial charge in [0, 0.05) is 5.56 Å². The Bertz CT molecular complexity index is 974. The van der Waals surface area contributed by atoms with Crippen LogP contribution in [0.25, 0.3) is 0 Å². The standard InChI is InChI=1S/C21H17FN2O3/c1-13-20(26-12-14-7-3-2-4-8-14)19(25)18(16(11-23)21(24)27-13)15-9-5-6-10-17(15)22/h2-10,18H,12,24H2,1H3. The van der Waals surface area contributed by atoms with Crippen molar-refractivity contribution in [3.63, 3.8) is 0 Å². The van der Waals surface area contributed by atoms with Crippen molar-refractivity contribution in [3.05, 3.63) is 94.5 Å². The van der Waals surface area contributed by atoms with Crippen LogP contribution in [0.15, 0.2) is 77.6 Å². The maximum Gasteiger partial charge on any atom is 0.213 e. The quantitative estimate of drug-likeness (QED) is 0.895. The number of nitriles is 1. The highest BCUT2D eigenvalue weighted by Gasteiger charge is 2.37. The number of rotatable bonds is 4. The summed E-state index contributed by atoms with van der Waals surface area (Å²) < 4.78 is 25.5. The van der Waals surface area contributed by atoms with Gasteiger partial charge in [0.25, 0.3) is 0 Å². The van der Waals surface area contributed by atoms with Crippen LogP contribution in [0.3, 0.4) is 0 Å². The van der Waals surface area contributed by atoms with Gasteiger partial charge in [0.05, 0.1) is 5.92 Å². The number of hydrogen-bond acceptors (Lipinski definition) is 5. The lowest BCUT2D eigenvalue weighted by atomic mass is 9.87. The summed E-state index contributed by atoms with van der Waals surface area (Å²) in [5, 5.41) is 9.51. The van der Waals surface area contributed by atoms with Gasteiger partial charge in [-0.2, -0.15) is 5.26 Å². The number of ether oxygens (including phenoxy) is 2. The molecule has 2 N–H and O–H groups in total. The molecule has 0 saturated heterocycles. The molecule has 0 aliphatic carbocycles. The minimum absolute atomic E-state index is 0.0427. The van der Waals surface area contributed by atoms with Gasteiger partial charge < -0.3 is 15.2 Å². The Kier molecular flexibility index (Phi) is 5.23. The highest BCUT2D eigenvalue weighted by atomic mass is 19.1. The van der Waals surface area contributed by atoms with Gasteiger partial charge in [-0.1, -0.05) is 48.5 Å². The fourth-order valence-corrected chi connectivity index (χ4v) is 2.87. The monoisotopic (exact) mass is 364 g/mol. The van der Waals surface area contributed by atoms with Gasteiger partial charge in [0.15, 0.2) is 0 Å². The third kappa shape index (κ3) is 3.67. The van der Waals surface area contributed by atoms with Gasteiger partial charge >= 0.3 is 0 Å². The molecule has 1 aliphatic rings. The van der Waals surface area contributed by atoms with Crippen molar-refractivity contribution in [1.29, 1.82) is 5.26 Å². The molecule has 0 amide bonds. The second-order valence-corrected chi connectivity index (χ2v) is 5.97. The molecule has 0 saturated carbocycles. The van der Waals surface area contributed by atoms with Crippen molar-refractivity contribution in [2.24, 2.45) is 5.73 Å². The first-order valence-electron chi connectivity index (χ1n) is 8.26. The van der Waals surface area contributed by atoms with E-state index in [1.165, 1.54) is 25.1 Å². The normalized spacial score (nSPS) is 17.2. The first-order valence-corrected chi connectivity index (χ1v) is 8.26. The largest absolute Gasteiger partial charge is 0.482 e. The van der Waals surface area contributed by atoms with E-state index in [9.17, 15) is 14.4 Å². The maximum absolute atomic E-state index is 14.4. The molecular weight excluding hydrogens is 347 g/mol. The van der Waals surface area contributed by atoms with E-state index in [0.717, 1.165) is 5.56 Å². The number of ketones is 1. The molecule has 5 nitrogen and oxygen atoms in total. The first-order chi connectivity index (χ1) is 13.0.